The van der Waals surface area contributed by atoms with Gasteiger partial charge in [0.2, 0.25) is 0 Å². The van der Waals surface area contributed by atoms with Crippen molar-refractivity contribution in [3.05, 3.63) is 12.2 Å². The Morgan fingerprint density at radius 1 is 0.857 bits per heavy atom. The van der Waals surface area contributed by atoms with Crippen LogP contribution in [0.25, 0.3) is 0 Å². The van der Waals surface area contributed by atoms with Crippen LogP contribution in [0.5, 0.6) is 0 Å². The number of hydrogen-bond donors (Lipinski definition) is 1. The zero-order valence-electron chi connectivity index (χ0n) is 29.2. The maximum Gasteiger partial charge on any atom is 0.333 e. The summed E-state index contributed by atoms with van der Waals surface area (Å²) in [6.07, 6.45) is 3.73. The van der Waals surface area contributed by atoms with E-state index in [0.717, 1.165) is 31.4 Å². The predicted molar refractivity (Wildman–Crippen MR) is 189 cm³/mol. The number of carboxylic acid groups (broad SMARTS) is 1. The molecular formula is C29H62O7Si6. The third-order valence-corrected chi connectivity index (χ3v) is 96.7. The average molecular weight is 691 g/mol. The van der Waals surface area contributed by atoms with E-state index in [1.54, 1.807) is 6.92 Å². The second-order valence-electron chi connectivity index (χ2n) is 16.4. The lowest BCUT2D eigenvalue weighted by Crippen LogP contribution is -2.93. The Kier molecular flexibility index (Phi) is 11.7. The van der Waals surface area contributed by atoms with E-state index in [0.29, 0.717) is 18.6 Å². The number of hydrogen-bond acceptors (Lipinski definition) is 6. The van der Waals surface area contributed by atoms with Crippen LogP contribution in [-0.4, -0.2) is 80.4 Å². The van der Waals surface area contributed by atoms with E-state index in [9.17, 15) is 14.7 Å². The van der Waals surface area contributed by atoms with E-state index >= 15 is 0 Å². The summed E-state index contributed by atoms with van der Waals surface area (Å²) in [4.78, 5) is 23.8. The van der Waals surface area contributed by atoms with Crippen molar-refractivity contribution in [2.45, 2.75) is 154 Å². The van der Waals surface area contributed by atoms with Crippen LogP contribution in [0.1, 0.15) is 66.7 Å². The van der Waals surface area contributed by atoms with Gasteiger partial charge in [-0.3, -0.25) is 4.79 Å². The van der Waals surface area contributed by atoms with Crippen LogP contribution in [0.15, 0.2) is 12.2 Å². The van der Waals surface area contributed by atoms with Gasteiger partial charge in [-0.15, -0.1) is 0 Å². The number of rotatable bonds is 13. The summed E-state index contributed by atoms with van der Waals surface area (Å²) in [7, 11) is -13.7. The molecule has 1 N–H and O–H groups in total. The van der Waals surface area contributed by atoms with Crippen LogP contribution >= 0.6 is 0 Å². The van der Waals surface area contributed by atoms with Gasteiger partial charge in [-0.1, -0.05) is 31.8 Å². The highest BCUT2D eigenvalue weighted by atomic mass is 30.0. The molecule has 0 amide bonds. The third-order valence-electron chi connectivity index (χ3n) is 10.8. The minimum absolute atomic E-state index is 0.131. The summed E-state index contributed by atoms with van der Waals surface area (Å²) in [5.74, 6) is -1.06. The van der Waals surface area contributed by atoms with Crippen LogP contribution in [0.3, 0.4) is 0 Å². The first kappa shape index (κ1) is 38.0. The molecule has 0 radical (unpaired) electrons. The largest absolute Gasteiger partial charge is 0.481 e. The first-order chi connectivity index (χ1) is 18.8. The summed E-state index contributed by atoms with van der Waals surface area (Å²) in [6, 6.07) is 4.26. The van der Waals surface area contributed by atoms with Gasteiger partial charge in [0.15, 0.2) is 31.3 Å². The smallest absolute Gasteiger partial charge is 0.333 e. The van der Waals surface area contributed by atoms with Crippen molar-refractivity contribution in [2.24, 2.45) is 0 Å². The van der Waals surface area contributed by atoms with Gasteiger partial charge in [0.05, 0.1) is 32.0 Å². The quantitative estimate of drug-likeness (QED) is 0.0913. The topological polar surface area (TPSA) is 91.3 Å². The van der Waals surface area contributed by atoms with E-state index in [2.05, 4.69) is 86.6 Å². The van der Waals surface area contributed by atoms with Gasteiger partial charge < -0.3 is 22.8 Å². The van der Waals surface area contributed by atoms with Crippen LogP contribution in [-0.2, 0) is 27.3 Å². The van der Waals surface area contributed by atoms with Gasteiger partial charge in [0, 0.05) is 12.0 Å². The second-order valence-corrected chi connectivity index (χ2v) is 65.9. The van der Waals surface area contributed by atoms with Crippen LogP contribution in [0, 0.1) is 0 Å². The van der Waals surface area contributed by atoms with E-state index in [4.69, 9.17) is 17.7 Å². The Morgan fingerprint density at radius 3 is 1.69 bits per heavy atom. The number of esters is 1. The van der Waals surface area contributed by atoms with Crippen molar-refractivity contribution in [3.63, 3.8) is 0 Å². The number of carbonyl (C=O) groups excluding carboxylic acids is 1. The molecule has 2 atom stereocenters. The summed E-state index contributed by atoms with van der Waals surface area (Å²) in [6.45, 7) is 34.8. The summed E-state index contributed by atoms with van der Waals surface area (Å²) in [5, 5.41) is 9.42. The fraction of sp³-hybridized carbons (Fsp3) is 0.862. The minimum Gasteiger partial charge on any atom is -0.481 e. The summed E-state index contributed by atoms with van der Waals surface area (Å²) in [5.41, 5.74) is 0.167. The maximum atomic E-state index is 12.4. The molecule has 2 fully saturated rings. The van der Waals surface area contributed by atoms with Gasteiger partial charge in [-0.2, -0.15) is 0 Å². The van der Waals surface area contributed by atoms with Crippen LogP contribution < -0.4 is 0 Å². The molecule has 2 rings (SSSR count). The molecule has 2 aliphatic heterocycles. The first-order valence-corrected chi connectivity index (χ1v) is 36.4. The Labute approximate surface area is 262 Å². The van der Waals surface area contributed by atoms with Crippen LogP contribution in [0.4, 0.5) is 0 Å². The van der Waals surface area contributed by atoms with Crippen molar-refractivity contribution in [1.29, 1.82) is 0 Å². The molecular weight excluding hydrogens is 629 g/mol. The standard InChI is InChI=1S/C29H62O7Si6/c1-25(2)27(32)33-20-16-22-42(36-37(7,8)21-15-17-26(30)31,40(13)23-18-28(3,4)34-38(40,9)10)41(14)24-19-29(5,6)35-39(41,11)12/h1,15-24H2,2-14H3,(H,30,31). The molecule has 0 saturated carbocycles. The highest BCUT2D eigenvalue weighted by molar-refractivity contribution is 7.90. The lowest BCUT2D eigenvalue weighted by molar-refractivity contribution is -0.139. The van der Waals surface area contributed by atoms with Crippen molar-refractivity contribution in [3.8, 4) is 0 Å². The highest BCUT2D eigenvalue weighted by Crippen LogP contribution is 2.54. The van der Waals surface area contributed by atoms with Gasteiger partial charge >= 0.3 is 11.9 Å². The van der Waals surface area contributed by atoms with E-state index < -0.39 is 51.5 Å². The fourth-order valence-corrected chi connectivity index (χ4v) is 133. The van der Waals surface area contributed by atoms with Crippen molar-refractivity contribution in [2.75, 3.05) is 6.61 Å². The number of carboxylic acids is 1. The highest BCUT2D eigenvalue weighted by Gasteiger charge is 2.76. The molecule has 244 valence electrons. The molecule has 2 saturated heterocycles. The Bertz CT molecular complexity index is 984. The molecule has 0 aromatic carbocycles. The van der Waals surface area contributed by atoms with E-state index in [1.807, 2.05) is 0 Å². The first-order valence-electron chi connectivity index (χ1n) is 15.9. The number of ether oxygens (including phenoxy) is 1. The van der Waals surface area contributed by atoms with Gasteiger partial charge in [0.1, 0.15) is 0 Å². The fourth-order valence-electron chi connectivity index (χ4n) is 8.02. The van der Waals surface area contributed by atoms with E-state index in [-0.39, 0.29) is 23.6 Å². The second kappa shape index (κ2) is 12.9. The molecule has 0 spiro atoms. The maximum absolute atomic E-state index is 12.4. The molecule has 2 aliphatic rings. The molecule has 2 heterocycles. The Morgan fingerprint density at radius 2 is 1.31 bits per heavy atom. The van der Waals surface area contributed by atoms with Crippen LogP contribution in [0.2, 0.25) is 76.6 Å². The summed E-state index contributed by atoms with van der Waals surface area (Å²) < 4.78 is 28.3. The van der Waals surface area contributed by atoms with Crippen molar-refractivity contribution in [1.82, 2.24) is 0 Å². The molecule has 13 heteroatoms. The molecule has 0 bridgehead atoms. The Hall–Kier alpha value is -0.139. The van der Waals surface area contributed by atoms with Gasteiger partial charge in [-0.25, -0.2) is 4.79 Å². The molecule has 42 heavy (non-hydrogen) atoms. The van der Waals surface area contributed by atoms with E-state index in [1.165, 1.54) is 12.1 Å². The van der Waals surface area contributed by atoms with Gasteiger partial charge in [0.25, 0.3) is 0 Å². The van der Waals surface area contributed by atoms with Crippen molar-refractivity contribution < 1.29 is 32.4 Å². The summed E-state index contributed by atoms with van der Waals surface area (Å²) >= 11 is 0. The zero-order valence-corrected chi connectivity index (χ0v) is 35.2. The molecule has 2 unspecified atom stereocenters. The Balaban J connectivity index is 2.79. The lowest BCUT2D eigenvalue weighted by atomic mass is 10.1. The third kappa shape index (κ3) is 7.98. The zero-order chi connectivity index (χ0) is 32.6. The predicted octanol–water partition coefficient (Wildman–Crippen LogP) is 7.81. The average Bonchev–Trinajstić information content (AvgIpc) is 2.79. The molecule has 0 aliphatic carbocycles. The van der Waals surface area contributed by atoms with Crippen molar-refractivity contribution >= 4 is 57.5 Å². The molecule has 0 aromatic rings. The normalized spacial score (nSPS) is 29.7. The number of aliphatic carboxylic acids is 1. The SMILES string of the molecule is C=C(C)C(=O)OCCC[Si](O[Si](C)(C)CCCC(=O)O)([Si]1(C)CCC(C)(C)O[Si]1(C)C)[Si]1(C)CCC(C)(C)O[Si]1(C)C. The molecule has 7 nitrogen and oxygen atoms in total. The molecule has 0 aromatic heterocycles. The number of carbonyl (C=O) groups is 2. The minimum atomic E-state index is -2.60. The van der Waals surface area contributed by atoms with Gasteiger partial charge in [-0.05, 0) is 112 Å². The lowest BCUT2D eigenvalue weighted by Gasteiger charge is -2.67. The monoisotopic (exact) mass is 690 g/mol.